The summed E-state index contributed by atoms with van der Waals surface area (Å²) in [5, 5.41) is 0. The van der Waals surface area contributed by atoms with Crippen LogP contribution in [-0.4, -0.2) is 6.54 Å². The standard InChI is InChI=1S/C20H41N/c1-2-3-4-5-6-7-8-9-10-11-12-13-14-15-16-17-18-19-20-21/h9-10H,2-8,11-21H2,1H3. The van der Waals surface area contributed by atoms with E-state index < -0.39 is 0 Å². The maximum atomic E-state index is 5.49. The third kappa shape index (κ3) is 19.7. The van der Waals surface area contributed by atoms with Gasteiger partial charge in [0.25, 0.3) is 0 Å². The van der Waals surface area contributed by atoms with Crippen molar-refractivity contribution in [3.05, 3.63) is 12.2 Å². The second-order valence-corrected chi connectivity index (χ2v) is 6.43. The molecule has 0 heterocycles. The Morgan fingerprint density at radius 3 is 1.33 bits per heavy atom. The molecule has 0 atom stereocenters. The Morgan fingerprint density at radius 1 is 0.524 bits per heavy atom. The Hall–Kier alpha value is -0.300. The highest BCUT2D eigenvalue weighted by Crippen LogP contribution is 2.10. The summed E-state index contributed by atoms with van der Waals surface area (Å²) >= 11 is 0. The Labute approximate surface area is 134 Å². The summed E-state index contributed by atoms with van der Waals surface area (Å²) in [5.41, 5.74) is 5.49. The molecule has 0 aliphatic heterocycles. The monoisotopic (exact) mass is 295 g/mol. The molecule has 1 nitrogen and oxygen atoms in total. The van der Waals surface area contributed by atoms with E-state index in [2.05, 4.69) is 19.1 Å². The fourth-order valence-electron chi connectivity index (χ4n) is 2.75. The van der Waals surface area contributed by atoms with Crippen LogP contribution in [0, 0.1) is 0 Å². The summed E-state index contributed by atoms with van der Waals surface area (Å²) in [6.07, 6.45) is 26.9. The Kier molecular flexibility index (Phi) is 19.4. The third-order valence-corrected chi connectivity index (χ3v) is 4.22. The maximum Gasteiger partial charge on any atom is -0.00773 e. The van der Waals surface area contributed by atoms with Gasteiger partial charge in [0, 0.05) is 0 Å². The number of nitrogens with two attached hydrogens (primary N) is 1. The first kappa shape index (κ1) is 20.7. The molecule has 0 amide bonds. The summed E-state index contributed by atoms with van der Waals surface area (Å²) in [4.78, 5) is 0. The molecule has 0 aromatic carbocycles. The molecule has 0 unspecified atom stereocenters. The lowest BCUT2D eigenvalue weighted by atomic mass is 10.1. The Morgan fingerprint density at radius 2 is 0.905 bits per heavy atom. The van der Waals surface area contributed by atoms with Gasteiger partial charge < -0.3 is 5.73 Å². The first-order chi connectivity index (χ1) is 10.4. The Balaban J connectivity index is 3.02. The van der Waals surface area contributed by atoms with Crippen molar-refractivity contribution < 1.29 is 0 Å². The molecule has 0 spiro atoms. The lowest BCUT2D eigenvalue weighted by molar-refractivity contribution is 0.571. The van der Waals surface area contributed by atoms with Crippen molar-refractivity contribution in [3.8, 4) is 0 Å². The van der Waals surface area contributed by atoms with Crippen LogP contribution >= 0.6 is 0 Å². The molecule has 0 bridgehead atoms. The van der Waals surface area contributed by atoms with E-state index in [0.29, 0.717) is 0 Å². The molecule has 0 saturated heterocycles. The average molecular weight is 296 g/mol. The second kappa shape index (κ2) is 19.7. The maximum absolute atomic E-state index is 5.49. The second-order valence-electron chi connectivity index (χ2n) is 6.43. The van der Waals surface area contributed by atoms with Crippen LogP contribution in [0.25, 0.3) is 0 Å². The van der Waals surface area contributed by atoms with E-state index in [1.54, 1.807) is 0 Å². The Bertz CT molecular complexity index is 198. The minimum atomic E-state index is 0.866. The normalized spacial score (nSPS) is 11.5. The van der Waals surface area contributed by atoms with Gasteiger partial charge in [0.1, 0.15) is 0 Å². The van der Waals surface area contributed by atoms with Crippen molar-refractivity contribution >= 4 is 0 Å². The predicted octanol–water partition coefficient (Wildman–Crippen LogP) is 6.76. The quantitative estimate of drug-likeness (QED) is 0.233. The van der Waals surface area contributed by atoms with Crippen molar-refractivity contribution in [1.29, 1.82) is 0 Å². The van der Waals surface area contributed by atoms with Crippen LogP contribution in [0.2, 0.25) is 0 Å². The highest BCUT2D eigenvalue weighted by atomic mass is 14.5. The van der Waals surface area contributed by atoms with E-state index in [9.17, 15) is 0 Å². The van der Waals surface area contributed by atoms with Crippen molar-refractivity contribution in [2.45, 2.75) is 110 Å². The first-order valence-corrected chi connectivity index (χ1v) is 9.77. The smallest absolute Gasteiger partial charge is 0.00773 e. The van der Waals surface area contributed by atoms with Gasteiger partial charge in [-0.05, 0) is 38.6 Å². The van der Waals surface area contributed by atoms with Gasteiger partial charge in [0.05, 0.1) is 0 Å². The van der Waals surface area contributed by atoms with Crippen molar-refractivity contribution in [2.75, 3.05) is 6.54 Å². The van der Waals surface area contributed by atoms with Crippen LogP contribution in [-0.2, 0) is 0 Å². The van der Waals surface area contributed by atoms with Crippen LogP contribution in [0.1, 0.15) is 110 Å². The molecule has 0 aliphatic rings. The van der Waals surface area contributed by atoms with Gasteiger partial charge in [-0.1, -0.05) is 89.7 Å². The highest BCUT2D eigenvalue weighted by molar-refractivity contribution is 4.81. The van der Waals surface area contributed by atoms with Crippen LogP contribution in [0.4, 0.5) is 0 Å². The molecule has 0 radical (unpaired) electrons. The zero-order chi connectivity index (χ0) is 15.4. The minimum Gasteiger partial charge on any atom is -0.330 e. The van der Waals surface area contributed by atoms with Gasteiger partial charge in [0.2, 0.25) is 0 Å². The third-order valence-electron chi connectivity index (χ3n) is 4.22. The molecule has 0 aromatic heterocycles. The number of allylic oxidation sites excluding steroid dienone is 2. The SMILES string of the molecule is CCCCCCCCC=CCCCCCCCCCCN. The van der Waals surface area contributed by atoms with E-state index in [1.807, 2.05) is 0 Å². The molecular weight excluding hydrogens is 254 g/mol. The fraction of sp³-hybridized carbons (Fsp3) is 0.900. The number of unbranched alkanes of at least 4 members (excludes halogenated alkanes) is 14. The van der Waals surface area contributed by atoms with E-state index in [0.717, 1.165) is 6.54 Å². The fourth-order valence-corrected chi connectivity index (χ4v) is 2.75. The summed E-state index contributed by atoms with van der Waals surface area (Å²) in [5.74, 6) is 0. The molecule has 0 fully saturated rings. The lowest BCUT2D eigenvalue weighted by Gasteiger charge is -2.00. The molecule has 126 valence electrons. The largest absolute Gasteiger partial charge is 0.330 e. The number of rotatable bonds is 17. The van der Waals surface area contributed by atoms with Gasteiger partial charge in [-0.2, -0.15) is 0 Å². The van der Waals surface area contributed by atoms with E-state index >= 15 is 0 Å². The van der Waals surface area contributed by atoms with Gasteiger partial charge in [0.15, 0.2) is 0 Å². The number of hydrogen-bond donors (Lipinski definition) is 1. The summed E-state index contributed by atoms with van der Waals surface area (Å²) < 4.78 is 0. The van der Waals surface area contributed by atoms with E-state index in [4.69, 9.17) is 5.73 Å². The summed E-state index contributed by atoms with van der Waals surface area (Å²) in [7, 11) is 0. The molecule has 0 saturated carbocycles. The zero-order valence-electron chi connectivity index (χ0n) is 14.8. The predicted molar refractivity (Wildman–Crippen MR) is 97.7 cm³/mol. The van der Waals surface area contributed by atoms with E-state index in [-0.39, 0.29) is 0 Å². The summed E-state index contributed by atoms with van der Waals surface area (Å²) in [6.45, 7) is 3.15. The van der Waals surface area contributed by atoms with Gasteiger partial charge in [-0.25, -0.2) is 0 Å². The van der Waals surface area contributed by atoms with Crippen molar-refractivity contribution in [1.82, 2.24) is 0 Å². The van der Waals surface area contributed by atoms with Gasteiger partial charge >= 0.3 is 0 Å². The molecule has 21 heavy (non-hydrogen) atoms. The van der Waals surface area contributed by atoms with Crippen LogP contribution in [0.3, 0.4) is 0 Å². The highest BCUT2D eigenvalue weighted by Gasteiger charge is 1.91. The molecule has 0 rings (SSSR count). The van der Waals surface area contributed by atoms with Crippen LogP contribution in [0.5, 0.6) is 0 Å². The molecule has 1 heteroatoms. The first-order valence-electron chi connectivity index (χ1n) is 9.77. The summed E-state index contributed by atoms with van der Waals surface area (Å²) in [6, 6.07) is 0. The molecule has 0 aliphatic carbocycles. The van der Waals surface area contributed by atoms with E-state index in [1.165, 1.54) is 103 Å². The topological polar surface area (TPSA) is 26.0 Å². The lowest BCUT2D eigenvalue weighted by Crippen LogP contribution is -1.97. The molecule has 2 N–H and O–H groups in total. The van der Waals surface area contributed by atoms with Crippen LogP contribution in [0.15, 0.2) is 12.2 Å². The minimum absolute atomic E-state index is 0.866. The van der Waals surface area contributed by atoms with Gasteiger partial charge in [-0.15, -0.1) is 0 Å². The van der Waals surface area contributed by atoms with Crippen molar-refractivity contribution in [3.63, 3.8) is 0 Å². The zero-order valence-corrected chi connectivity index (χ0v) is 14.8. The molecule has 0 aromatic rings. The molecular formula is C20H41N. The average Bonchev–Trinajstić information content (AvgIpc) is 2.50. The van der Waals surface area contributed by atoms with Crippen LogP contribution < -0.4 is 5.73 Å². The van der Waals surface area contributed by atoms with Gasteiger partial charge in [-0.3, -0.25) is 0 Å². The van der Waals surface area contributed by atoms with Crippen molar-refractivity contribution in [2.24, 2.45) is 5.73 Å². The number of hydrogen-bond acceptors (Lipinski definition) is 1.